The molecule has 2 aliphatic rings. The molecular formula is C17H28N4O. The molecule has 1 saturated carbocycles. The molecule has 1 aliphatic heterocycles. The number of hydrogen-bond acceptors (Lipinski definition) is 5. The first-order valence-electron chi connectivity index (χ1n) is 8.67. The lowest BCUT2D eigenvalue weighted by Crippen LogP contribution is -2.39. The minimum atomic E-state index is 0.315. The lowest BCUT2D eigenvalue weighted by molar-refractivity contribution is 0.123. The van der Waals surface area contributed by atoms with Gasteiger partial charge in [0.25, 0.3) is 0 Å². The number of aromatic nitrogens is 2. The molecular weight excluding hydrogens is 276 g/mol. The molecule has 1 aromatic rings. The van der Waals surface area contributed by atoms with Crippen molar-refractivity contribution < 1.29 is 5.11 Å². The van der Waals surface area contributed by atoms with Crippen molar-refractivity contribution in [2.24, 2.45) is 5.92 Å². The van der Waals surface area contributed by atoms with Gasteiger partial charge < -0.3 is 15.3 Å². The summed E-state index contributed by atoms with van der Waals surface area (Å²) in [6.45, 7) is 6.37. The topological polar surface area (TPSA) is 61.3 Å². The van der Waals surface area contributed by atoms with Crippen molar-refractivity contribution >= 4 is 5.95 Å². The smallest absolute Gasteiger partial charge is 0.223 e. The monoisotopic (exact) mass is 304 g/mol. The molecule has 1 atom stereocenters. The van der Waals surface area contributed by atoms with Crippen LogP contribution in [0.5, 0.6) is 0 Å². The van der Waals surface area contributed by atoms with Crippen LogP contribution in [0.1, 0.15) is 49.4 Å². The van der Waals surface area contributed by atoms with Crippen molar-refractivity contribution in [2.45, 2.75) is 44.9 Å². The first kappa shape index (κ1) is 15.7. The molecule has 1 unspecified atom stereocenters. The molecule has 22 heavy (non-hydrogen) atoms. The highest BCUT2D eigenvalue weighted by molar-refractivity contribution is 5.30. The normalized spacial score (nSPS) is 23.3. The van der Waals surface area contributed by atoms with E-state index in [4.69, 9.17) is 0 Å². The minimum absolute atomic E-state index is 0.315. The zero-order valence-corrected chi connectivity index (χ0v) is 13.6. The maximum Gasteiger partial charge on any atom is 0.223 e. The molecule has 1 saturated heterocycles. The van der Waals surface area contributed by atoms with Crippen LogP contribution in [0, 0.1) is 12.8 Å². The Labute approximate surface area is 133 Å². The third kappa shape index (κ3) is 3.96. The molecule has 0 amide bonds. The van der Waals surface area contributed by atoms with Crippen LogP contribution in [-0.4, -0.2) is 52.8 Å². The zero-order chi connectivity index (χ0) is 15.4. The van der Waals surface area contributed by atoms with Gasteiger partial charge in [-0.25, -0.2) is 9.97 Å². The summed E-state index contributed by atoms with van der Waals surface area (Å²) in [6.07, 6.45) is 6.22. The second kappa shape index (κ2) is 7.38. The standard InChI is InChI=1S/C17H28N4O/c1-13-10-16(15-5-2-6-15)20-17(19-13)18-7-9-21-8-3-4-14(11-21)12-22/h10,14-15,22H,2-9,11-12H2,1H3,(H,18,19,20). The number of aliphatic hydroxyl groups is 1. The number of nitrogens with one attached hydrogen (secondary N) is 1. The van der Waals surface area contributed by atoms with E-state index in [1.54, 1.807) is 0 Å². The summed E-state index contributed by atoms with van der Waals surface area (Å²) < 4.78 is 0. The number of piperidine rings is 1. The van der Waals surface area contributed by atoms with E-state index in [0.717, 1.165) is 44.2 Å². The molecule has 1 aromatic heterocycles. The Morgan fingerprint density at radius 3 is 2.86 bits per heavy atom. The second-order valence-electron chi connectivity index (χ2n) is 6.80. The van der Waals surface area contributed by atoms with Crippen LogP contribution in [0.15, 0.2) is 6.07 Å². The first-order valence-corrected chi connectivity index (χ1v) is 8.67. The summed E-state index contributed by atoms with van der Waals surface area (Å²) in [5, 5.41) is 12.7. The molecule has 5 heteroatoms. The third-order valence-corrected chi connectivity index (χ3v) is 4.97. The van der Waals surface area contributed by atoms with Crippen LogP contribution in [-0.2, 0) is 0 Å². The van der Waals surface area contributed by atoms with Crippen LogP contribution in [0.3, 0.4) is 0 Å². The molecule has 5 nitrogen and oxygen atoms in total. The fourth-order valence-corrected chi connectivity index (χ4v) is 3.41. The summed E-state index contributed by atoms with van der Waals surface area (Å²) in [6, 6.07) is 2.13. The van der Waals surface area contributed by atoms with E-state index in [-0.39, 0.29) is 0 Å². The van der Waals surface area contributed by atoms with Crippen LogP contribution in [0.4, 0.5) is 5.95 Å². The van der Waals surface area contributed by atoms with Crippen molar-refractivity contribution in [3.63, 3.8) is 0 Å². The molecule has 0 bridgehead atoms. The van der Waals surface area contributed by atoms with Gasteiger partial charge in [0.2, 0.25) is 5.95 Å². The van der Waals surface area contributed by atoms with Crippen molar-refractivity contribution in [3.05, 3.63) is 17.5 Å². The van der Waals surface area contributed by atoms with Gasteiger partial charge in [-0.15, -0.1) is 0 Å². The summed E-state index contributed by atoms with van der Waals surface area (Å²) in [5.74, 6) is 1.88. The maximum atomic E-state index is 9.29. The summed E-state index contributed by atoms with van der Waals surface area (Å²) in [5.41, 5.74) is 2.26. The second-order valence-corrected chi connectivity index (χ2v) is 6.80. The highest BCUT2D eigenvalue weighted by Gasteiger charge is 2.22. The molecule has 122 valence electrons. The number of anilines is 1. The van der Waals surface area contributed by atoms with Gasteiger partial charge in [-0.2, -0.15) is 0 Å². The quantitative estimate of drug-likeness (QED) is 0.843. The largest absolute Gasteiger partial charge is 0.396 e. The Kier molecular flexibility index (Phi) is 5.26. The van der Waals surface area contributed by atoms with Gasteiger partial charge in [-0.1, -0.05) is 6.42 Å². The molecule has 3 rings (SSSR count). The molecule has 0 radical (unpaired) electrons. The van der Waals surface area contributed by atoms with Crippen LogP contribution in [0.2, 0.25) is 0 Å². The van der Waals surface area contributed by atoms with E-state index in [1.165, 1.54) is 31.4 Å². The van der Waals surface area contributed by atoms with E-state index < -0.39 is 0 Å². The van der Waals surface area contributed by atoms with Crippen molar-refractivity contribution in [1.29, 1.82) is 0 Å². The van der Waals surface area contributed by atoms with E-state index in [0.29, 0.717) is 18.4 Å². The SMILES string of the molecule is Cc1cc(C2CCC2)nc(NCCN2CCCC(CO)C2)n1. The van der Waals surface area contributed by atoms with Gasteiger partial charge in [0.05, 0.1) is 0 Å². The Morgan fingerprint density at radius 2 is 2.14 bits per heavy atom. The third-order valence-electron chi connectivity index (χ3n) is 4.97. The predicted molar refractivity (Wildman–Crippen MR) is 88.1 cm³/mol. The van der Waals surface area contributed by atoms with Gasteiger partial charge in [0.1, 0.15) is 0 Å². The average Bonchev–Trinajstić information content (AvgIpc) is 2.45. The Hall–Kier alpha value is -1.20. The number of hydrogen-bond donors (Lipinski definition) is 2. The van der Waals surface area contributed by atoms with Gasteiger partial charge in [-0.05, 0) is 51.1 Å². The predicted octanol–water partition coefficient (Wildman–Crippen LogP) is 2.17. The maximum absolute atomic E-state index is 9.29. The number of aryl methyl sites for hydroxylation is 1. The minimum Gasteiger partial charge on any atom is -0.396 e. The van der Waals surface area contributed by atoms with Gasteiger partial charge in [0, 0.05) is 43.5 Å². The van der Waals surface area contributed by atoms with Crippen molar-refractivity contribution in [1.82, 2.24) is 14.9 Å². The summed E-state index contributed by atoms with van der Waals surface area (Å²) in [7, 11) is 0. The van der Waals surface area contributed by atoms with Crippen LogP contribution >= 0.6 is 0 Å². The fourth-order valence-electron chi connectivity index (χ4n) is 3.41. The highest BCUT2D eigenvalue weighted by Crippen LogP contribution is 2.35. The van der Waals surface area contributed by atoms with E-state index >= 15 is 0 Å². The summed E-state index contributed by atoms with van der Waals surface area (Å²) in [4.78, 5) is 11.6. The number of rotatable bonds is 6. The Balaban J connectivity index is 1.49. The Bertz CT molecular complexity index is 490. The molecule has 1 aliphatic carbocycles. The number of likely N-dealkylation sites (tertiary alicyclic amines) is 1. The fraction of sp³-hybridized carbons (Fsp3) is 0.765. The van der Waals surface area contributed by atoms with Gasteiger partial charge in [0.15, 0.2) is 0 Å². The Morgan fingerprint density at radius 1 is 1.27 bits per heavy atom. The zero-order valence-electron chi connectivity index (χ0n) is 13.6. The highest BCUT2D eigenvalue weighted by atomic mass is 16.3. The number of aliphatic hydroxyl groups excluding tert-OH is 1. The van der Waals surface area contributed by atoms with Gasteiger partial charge in [-0.3, -0.25) is 0 Å². The molecule has 2 fully saturated rings. The molecule has 2 heterocycles. The average molecular weight is 304 g/mol. The summed E-state index contributed by atoms with van der Waals surface area (Å²) >= 11 is 0. The lowest BCUT2D eigenvalue weighted by atomic mass is 9.83. The van der Waals surface area contributed by atoms with Crippen LogP contribution < -0.4 is 5.32 Å². The molecule has 2 N–H and O–H groups in total. The first-order chi connectivity index (χ1) is 10.7. The number of nitrogens with zero attached hydrogens (tertiary/aromatic N) is 3. The van der Waals surface area contributed by atoms with E-state index in [2.05, 4.69) is 26.3 Å². The van der Waals surface area contributed by atoms with Gasteiger partial charge >= 0.3 is 0 Å². The lowest BCUT2D eigenvalue weighted by Gasteiger charge is -2.31. The van der Waals surface area contributed by atoms with Crippen LogP contribution in [0.25, 0.3) is 0 Å². The van der Waals surface area contributed by atoms with Crippen molar-refractivity contribution in [2.75, 3.05) is 38.1 Å². The van der Waals surface area contributed by atoms with Crippen molar-refractivity contribution in [3.8, 4) is 0 Å². The van der Waals surface area contributed by atoms with E-state index in [9.17, 15) is 5.11 Å². The molecule has 0 spiro atoms. The molecule has 0 aromatic carbocycles. The van der Waals surface area contributed by atoms with E-state index in [1.807, 2.05) is 6.92 Å².